The van der Waals surface area contributed by atoms with Crippen molar-refractivity contribution < 1.29 is 14.3 Å². The van der Waals surface area contributed by atoms with E-state index in [1.165, 1.54) is 0 Å². The second-order valence-electron chi connectivity index (χ2n) is 6.37. The molecule has 0 saturated heterocycles. The topological polar surface area (TPSA) is 85.4 Å². The quantitative estimate of drug-likeness (QED) is 0.604. The van der Waals surface area contributed by atoms with Crippen molar-refractivity contribution >= 4 is 11.7 Å². The molecule has 0 unspecified atom stereocenters. The van der Waals surface area contributed by atoms with E-state index < -0.39 is 0 Å². The van der Waals surface area contributed by atoms with Gasteiger partial charge in [-0.25, -0.2) is 9.97 Å². The van der Waals surface area contributed by atoms with Gasteiger partial charge in [0, 0.05) is 24.7 Å². The predicted molar refractivity (Wildman–Crippen MR) is 110 cm³/mol. The smallest absolute Gasteiger partial charge is 0.270 e. The molecule has 2 aromatic carbocycles. The Morgan fingerprint density at radius 2 is 1.90 bits per heavy atom. The summed E-state index contributed by atoms with van der Waals surface area (Å²) < 4.78 is 10.7. The zero-order chi connectivity index (χ0) is 20.1. The average molecular weight is 388 g/mol. The Kier molecular flexibility index (Phi) is 5.38. The summed E-state index contributed by atoms with van der Waals surface area (Å²) in [5, 5.41) is 6.02. The highest BCUT2D eigenvalue weighted by molar-refractivity contribution is 5.93. The molecular weight excluding hydrogens is 368 g/mol. The molecule has 4 rings (SSSR count). The van der Waals surface area contributed by atoms with Gasteiger partial charge in [0.05, 0.1) is 0 Å². The summed E-state index contributed by atoms with van der Waals surface area (Å²) in [5.74, 6) is 2.14. The lowest BCUT2D eigenvalue weighted by Crippen LogP contribution is -2.24. The van der Waals surface area contributed by atoms with Crippen molar-refractivity contribution in [1.29, 1.82) is 0 Å². The molecule has 0 atom stereocenters. The van der Waals surface area contributed by atoms with Crippen LogP contribution in [0.15, 0.2) is 67.3 Å². The van der Waals surface area contributed by atoms with Gasteiger partial charge in [-0.3, -0.25) is 4.79 Å². The molecule has 3 aromatic rings. The number of hydrogen-bond donors (Lipinski definition) is 2. The number of rotatable bonds is 7. The van der Waals surface area contributed by atoms with Crippen molar-refractivity contribution in [3.63, 3.8) is 0 Å². The Balaban J connectivity index is 1.54. The van der Waals surface area contributed by atoms with E-state index in [9.17, 15) is 4.79 Å². The number of hydrogen-bond acceptors (Lipinski definition) is 6. The van der Waals surface area contributed by atoms with Crippen molar-refractivity contribution in [3.05, 3.63) is 78.5 Å². The van der Waals surface area contributed by atoms with Gasteiger partial charge in [-0.2, -0.15) is 0 Å². The maximum Gasteiger partial charge on any atom is 0.270 e. The van der Waals surface area contributed by atoms with E-state index in [4.69, 9.17) is 9.47 Å². The molecule has 1 amide bonds. The predicted octanol–water partition coefficient (Wildman–Crippen LogP) is 3.40. The zero-order valence-corrected chi connectivity index (χ0v) is 15.7. The van der Waals surface area contributed by atoms with Crippen molar-refractivity contribution in [3.8, 4) is 22.9 Å². The molecule has 146 valence electrons. The second kappa shape index (κ2) is 8.43. The minimum atomic E-state index is -0.288. The molecule has 0 radical (unpaired) electrons. The van der Waals surface area contributed by atoms with Gasteiger partial charge in [-0.1, -0.05) is 42.5 Å². The van der Waals surface area contributed by atoms with Crippen LogP contribution in [0.4, 0.5) is 5.82 Å². The van der Waals surface area contributed by atoms with E-state index >= 15 is 0 Å². The number of fused-ring (bicyclic) bond motifs is 1. The molecule has 2 heterocycles. The lowest BCUT2D eigenvalue weighted by atomic mass is 10.2. The molecule has 0 fully saturated rings. The van der Waals surface area contributed by atoms with Gasteiger partial charge in [-0.15, -0.1) is 6.58 Å². The van der Waals surface area contributed by atoms with Crippen LogP contribution in [-0.2, 0) is 6.54 Å². The summed E-state index contributed by atoms with van der Waals surface area (Å²) in [6.07, 6.45) is 1.73. The van der Waals surface area contributed by atoms with Gasteiger partial charge >= 0.3 is 0 Å². The third kappa shape index (κ3) is 4.35. The summed E-state index contributed by atoms with van der Waals surface area (Å²) in [7, 11) is 0. The van der Waals surface area contributed by atoms with Gasteiger partial charge in [0.1, 0.15) is 11.5 Å². The van der Waals surface area contributed by atoms with Crippen molar-refractivity contribution in [2.45, 2.75) is 6.54 Å². The van der Waals surface area contributed by atoms with Gasteiger partial charge in [0.25, 0.3) is 5.91 Å². The van der Waals surface area contributed by atoms with Gasteiger partial charge < -0.3 is 20.1 Å². The molecule has 7 nitrogen and oxygen atoms in total. The molecule has 7 heteroatoms. The van der Waals surface area contributed by atoms with E-state index in [-0.39, 0.29) is 18.4 Å². The first-order valence-corrected chi connectivity index (χ1v) is 9.19. The molecule has 0 saturated carbocycles. The van der Waals surface area contributed by atoms with Crippen molar-refractivity contribution in [1.82, 2.24) is 15.3 Å². The Morgan fingerprint density at radius 1 is 1.07 bits per heavy atom. The summed E-state index contributed by atoms with van der Waals surface area (Å²) >= 11 is 0. The number of carbonyl (C=O) groups excluding carboxylic acids is 1. The van der Waals surface area contributed by atoms with E-state index in [1.54, 1.807) is 12.1 Å². The SMILES string of the molecule is C=CCNc1cc(C(=O)NCc2ccc3c(c2)OCO3)nc(-c2ccccc2)n1. The van der Waals surface area contributed by atoms with Crippen LogP contribution in [0.5, 0.6) is 11.5 Å². The van der Waals surface area contributed by atoms with Crippen LogP contribution in [0, 0.1) is 0 Å². The highest BCUT2D eigenvalue weighted by Gasteiger charge is 2.15. The molecule has 0 aliphatic carbocycles. The lowest BCUT2D eigenvalue weighted by molar-refractivity contribution is 0.0946. The van der Waals surface area contributed by atoms with E-state index in [1.807, 2.05) is 48.5 Å². The number of amides is 1. The van der Waals surface area contributed by atoms with Gasteiger partial charge in [0.15, 0.2) is 17.3 Å². The minimum absolute atomic E-state index is 0.217. The van der Waals surface area contributed by atoms with Crippen LogP contribution in [0.1, 0.15) is 16.1 Å². The fraction of sp³-hybridized carbons (Fsp3) is 0.136. The fourth-order valence-electron chi connectivity index (χ4n) is 2.87. The maximum atomic E-state index is 12.8. The second-order valence-corrected chi connectivity index (χ2v) is 6.37. The molecule has 1 aromatic heterocycles. The van der Waals surface area contributed by atoms with Crippen LogP contribution in [0.25, 0.3) is 11.4 Å². The summed E-state index contributed by atoms with van der Waals surface area (Å²) in [4.78, 5) is 21.7. The average Bonchev–Trinajstić information content (AvgIpc) is 3.24. The largest absolute Gasteiger partial charge is 0.454 e. The maximum absolute atomic E-state index is 12.8. The third-order valence-electron chi connectivity index (χ3n) is 4.31. The highest BCUT2D eigenvalue weighted by Crippen LogP contribution is 2.32. The van der Waals surface area contributed by atoms with Gasteiger partial charge in [0.2, 0.25) is 6.79 Å². The summed E-state index contributed by atoms with van der Waals surface area (Å²) in [6, 6.07) is 16.7. The van der Waals surface area contributed by atoms with Crippen LogP contribution in [0.2, 0.25) is 0 Å². The Bertz CT molecular complexity index is 1040. The van der Waals surface area contributed by atoms with E-state index in [0.717, 1.165) is 11.1 Å². The standard InChI is InChI=1S/C22H20N4O3/c1-2-10-23-20-12-17(25-21(26-20)16-6-4-3-5-7-16)22(27)24-13-15-8-9-18-19(11-15)29-14-28-18/h2-9,11-12H,1,10,13-14H2,(H,24,27)(H,23,25,26). The lowest BCUT2D eigenvalue weighted by Gasteiger charge is -2.10. The molecule has 2 N–H and O–H groups in total. The first-order valence-electron chi connectivity index (χ1n) is 9.19. The number of anilines is 1. The van der Waals surface area contributed by atoms with Crippen LogP contribution in [0.3, 0.4) is 0 Å². The first kappa shape index (κ1) is 18.5. The third-order valence-corrected chi connectivity index (χ3v) is 4.31. The number of benzene rings is 2. The fourth-order valence-corrected chi connectivity index (χ4v) is 2.87. The number of aromatic nitrogens is 2. The summed E-state index contributed by atoms with van der Waals surface area (Å²) in [6.45, 7) is 4.79. The minimum Gasteiger partial charge on any atom is -0.454 e. The highest BCUT2D eigenvalue weighted by atomic mass is 16.7. The van der Waals surface area contributed by atoms with Gasteiger partial charge in [-0.05, 0) is 17.7 Å². The molecular formula is C22H20N4O3. The van der Waals surface area contributed by atoms with Crippen LogP contribution in [-0.4, -0.2) is 29.2 Å². The normalized spacial score (nSPS) is 11.7. The molecule has 29 heavy (non-hydrogen) atoms. The number of nitrogens with one attached hydrogen (secondary N) is 2. The van der Waals surface area contributed by atoms with Crippen molar-refractivity contribution in [2.24, 2.45) is 0 Å². The Morgan fingerprint density at radius 3 is 2.72 bits per heavy atom. The van der Waals surface area contributed by atoms with Crippen molar-refractivity contribution in [2.75, 3.05) is 18.7 Å². The Labute approximate surface area is 168 Å². The monoisotopic (exact) mass is 388 g/mol. The Hall–Kier alpha value is -3.87. The molecule has 1 aliphatic rings. The van der Waals surface area contributed by atoms with Crippen LogP contribution < -0.4 is 20.1 Å². The number of ether oxygens (including phenoxy) is 2. The molecule has 1 aliphatic heterocycles. The molecule has 0 spiro atoms. The number of carbonyl (C=O) groups is 1. The van der Waals surface area contributed by atoms with E-state index in [2.05, 4.69) is 27.2 Å². The van der Waals surface area contributed by atoms with E-state index in [0.29, 0.717) is 36.2 Å². The van der Waals surface area contributed by atoms with Crippen LogP contribution >= 0.6 is 0 Å². The first-order chi connectivity index (χ1) is 14.2. The zero-order valence-electron chi connectivity index (χ0n) is 15.7. The number of nitrogens with zero attached hydrogens (tertiary/aromatic N) is 2. The molecule has 0 bridgehead atoms. The summed E-state index contributed by atoms with van der Waals surface area (Å²) in [5.41, 5.74) is 2.02.